The number of fused-ring (bicyclic) bond motifs is 1. The number of carboxylic acids is 1. The van der Waals surface area contributed by atoms with Gasteiger partial charge in [0.25, 0.3) is 5.91 Å². The van der Waals surface area contributed by atoms with Crippen LogP contribution in [0.1, 0.15) is 43.0 Å². The summed E-state index contributed by atoms with van der Waals surface area (Å²) in [4.78, 5) is 36.9. The van der Waals surface area contributed by atoms with Crippen LogP contribution in [0.3, 0.4) is 0 Å². The number of rotatable bonds is 9. The lowest BCUT2D eigenvalue weighted by Gasteiger charge is -2.25. The maximum absolute atomic E-state index is 13.1. The van der Waals surface area contributed by atoms with Crippen LogP contribution in [0.5, 0.6) is 11.5 Å². The zero-order chi connectivity index (χ0) is 25.0. The Morgan fingerprint density at radius 3 is 2.57 bits per heavy atom. The van der Waals surface area contributed by atoms with Crippen LogP contribution >= 0.6 is 0 Å². The number of ether oxygens (including phenoxy) is 2. The Bertz CT molecular complexity index is 1280. The summed E-state index contributed by atoms with van der Waals surface area (Å²) in [5.41, 5.74) is 2.99. The number of aldehydes is 1. The number of carboxylic acid groups (broad SMARTS) is 1. The topological polar surface area (TPSA) is 102 Å². The number of benzene rings is 3. The van der Waals surface area contributed by atoms with Gasteiger partial charge in [-0.2, -0.15) is 0 Å². The van der Waals surface area contributed by atoms with E-state index in [1.807, 2.05) is 31.2 Å². The number of carbonyl (C=O) groups is 3. The van der Waals surface area contributed by atoms with Crippen molar-refractivity contribution in [1.82, 2.24) is 5.32 Å². The molecule has 1 aliphatic carbocycles. The van der Waals surface area contributed by atoms with Crippen LogP contribution in [0, 0.1) is 6.92 Å². The molecule has 0 bridgehead atoms. The van der Waals surface area contributed by atoms with Crippen LogP contribution in [0.25, 0.3) is 0 Å². The van der Waals surface area contributed by atoms with Gasteiger partial charge in [-0.1, -0.05) is 35.9 Å². The summed E-state index contributed by atoms with van der Waals surface area (Å²) in [6.07, 6.45) is 1.62. The minimum absolute atomic E-state index is 0.146. The van der Waals surface area contributed by atoms with Crippen molar-refractivity contribution in [2.24, 2.45) is 0 Å². The average Bonchev–Trinajstić information content (AvgIpc) is 3.22. The molecule has 35 heavy (non-hydrogen) atoms. The fraction of sp³-hybridized carbons (Fsp3) is 0.250. The normalized spacial score (nSPS) is 16.3. The lowest BCUT2D eigenvalue weighted by Crippen LogP contribution is -2.55. The number of amides is 1. The predicted molar refractivity (Wildman–Crippen MR) is 130 cm³/mol. The molecular weight excluding hydrogens is 446 g/mol. The molecule has 0 aromatic heterocycles. The zero-order valence-electron chi connectivity index (χ0n) is 19.7. The first-order chi connectivity index (χ1) is 16.8. The molecule has 1 amide bonds. The molecule has 0 saturated heterocycles. The second-order valence-corrected chi connectivity index (χ2v) is 8.79. The molecule has 0 aliphatic heterocycles. The third-order valence-electron chi connectivity index (χ3n) is 6.29. The molecular formula is C28H27NO6. The van der Waals surface area contributed by atoms with Crippen LogP contribution in [-0.2, 0) is 24.1 Å². The molecule has 1 aliphatic rings. The van der Waals surface area contributed by atoms with Crippen molar-refractivity contribution < 1.29 is 29.0 Å². The molecule has 0 radical (unpaired) electrons. The van der Waals surface area contributed by atoms with Crippen LogP contribution in [0.2, 0.25) is 0 Å². The Hall–Kier alpha value is -4.13. The van der Waals surface area contributed by atoms with Crippen molar-refractivity contribution in [3.8, 4) is 11.5 Å². The van der Waals surface area contributed by atoms with Crippen molar-refractivity contribution in [2.75, 3.05) is 13.7 Å². The molecule has 7 nitrogen and oxygen atoms in total. The van der Waals surface area contributed by atoms with Gasteiger partial charge in [-0.25, -0.2) is 4.79 Å². The molecule has 0 fully saturated rings. The average molecular weight is 474 g/mol. The van der Waals surface area contributed by atoms with Gasteiger partial charge in [0.05, 0.1) is 19.3 Å². The highest BCUT2D eigenvalue weighted by molar-refractivity contribution is 5.99. The van der Waals surface area contributed by atoms with Crippen LogP contribution < -0.4 is 14.8 Å². The number of nitrogens with one attached hydrogen (secondary N) is 1. The summed E-state index contributed by atoms with van der Waals surface area (Å²) in [5, 5.41) is 12.7. The molecule has 2 N–H and O–H groups in total. The van der Waals surface area contributed by atoms with Gasteiger partial charge in [-0.3, -0.25) is 9.59 Å². The third-order valence-corrected chi connectivity index (χ3v) is 6.29. The predicted octanol–water partition coefficient (Wildman–Crippen LogP) is 3.79. The van der Waals surface area contributed by atoms with E-state index >= 15 is 0 Å². The van der Waals surface area contributed by atoms with E-state index in [4.69, 9.17) is 9.47 Å². The van der Waals surface area contributed by atoms with Crippen LogP contribution in [-0.4, -0.2) is 42.5 Å². The third kappa shape index (κ3) is 5.19. The van der Waals surface area contributed by atoms with E-state index in [0.29, 0.717) is 30.6 Å². The van der Waals surface area contributed by atoms with Gasteiger partial charge in [0.2, 0.25) is 0 Å². The highest BCUT2D eigenvalue weighted by atomic mass is 16.5. The summed E-state index contributed by atoms with van der Waals surface area (Å²) in [7, 11) is 1.55. The van der Waals surface area contributed by atoms with Gasteiger partial charge in [0, 0.05) is 24.8 Å². The van der Waals surface area contributed by atoms with Gasteiger partial charge < -0.3 is 19.9 Å². The molecule has 1 unspecified atom stereocenters. The summed E-state index contributed by atoms with van der Waals surface area (Å²) in [6, 6.07) is 17.9. The van der Waals surface area contributed by atoms with Gasteiger partial charge in [-0.15, -0.1) is 0 Å². The molecule has 0 saturated carbocycles. The highest BCUT2D eigenvalue weighted by Crippen LogP contribution is 2.33. The molecule has 3 aromatic rings. The standard InChI is InChI=1S/C28H27NO6/c1-18-4-3-5-19(12-18)10-11-35-25-14-20(6-7-22(25)17-30)26(31)29-28(27(32)33)15-21-8-9-24(34-2)13-23(21)16-28/h3-9,12-14,17H,10-11,15-16H2,1-2H3,(H,29,31)(H,32,33). The largest absolute Gasteiger partial charge is 0.497 e. The van der Waals surface area contributed by atoms with Crippen molar-refractivity contribution in [3.05, 3.63) is 94.0 Å². The van der Waals surface area contributed by atoms with Crippen molar-refractivity contribution in [2.45, 2.75) is 31.7 Å². The lowest BCUT2D eigenvalue weighted by molar-refractivity contribution is -0.144. The number of carbonyl (C=O) groups excluding carboxylic acids is 2. The number of hydrogen-bond donors (Lipinski definition) is 2. The van der Waals surface area contributed by atoms with Gasteiger partial charge in [0.1, 0.15) is 17.0 Å². The second kappa shape index (κ2) is 10.0. The maximum atomic E-state index is 13.1. The Morgan fingerprint density at radius 1 is 1.06 bits per heavy atom. The van der Waals surface area contributed by atoms with E-state index in [1.165, 1.54) is 18.2 Å². The minimum atomic E-state index is -1.47. The van der Waals surface area contributed by atoms with Crippen molar-refractivity contribution in [3.63, 3.8) is 0 Å². The molecule has 3 aromatic carbocycles. The second-order valence-electron chi connectivity index (χ2n) is 8.79. The number of hydrogen-bond acceptors (Lipinski definition) is 5. The summed E-state index contributed by atoms with van der Waals surface area (Å²) >= 11 is 0. The smallest absolute Gasteiger partial charge is 0.330 e. The number of methoxy groups -OCH3 is 1. The zero-order valence-corrected chi connectivity index (χ0v) is 19.7. The minimum Gasteiger partial charge on any atom is -0.497 e. The Morgan fingerprint density at radius 2 is 1.86 bits per heavy atom. The first-order valence-corrected chi connectivity index (χ1v) is 11.3. The lowest BCUT2D eigenvalue weighted by atomic mass is 9.95. The molecule has 7 heteroatoms. The van der Waals surface area contributed by atoms with Crippen molar-refractivity contribution in [1.29, 1.82) is 0 Å². The van der Waals surface area contributed by atoms with Crippen LogP contribution in [0.4, 0.5) is 0 Å². The Kier molecular flexibility index (Phi) is 6.87. The Balaban J connectivity index is 1.50. The SMILES string of the molecule is COc1ccc2c(c1)CC(NC(=O)c1ccc(C=O)c(OCCc3cccc(C)c3)c1)(C(=O)O)C2. The van der Waals surface area contributed by atoms with E-state index in [0.717, 1.165) is 22.3 Å². The van der Waals surface area contributed by atoms with Crippen LogP contribution in [0.15, 0.2) is 60.7 Å². The summed E-state index contributed by atoms with van der Waals surface area (Å²) < 4.78 is 11.1. The molecule has 0 spiro atoms. The first-order valence-electron chi connectivity index (χ1n) is 11.3. The molecule has 4 rings (SSSR count). The monoisotopic (exact) mass is 473 g/mol. The van der Waals surface area contributed by atoms with Gasteiger partial charge >= 0.3 is 5.97 Å². The molecule has 1 atom stereocenters. The summed E-state index contributed by atoms with van der Waals surface area (Å²) in [6.45, 7) is 2.34. The fourth-order valence-electron chi connectivity index (χ4n) is 4.41. The fourth-order valence-corrected chi connectivity index (χ4v) is 4.41. The van der Waals surface area contributed by atoms with E-state index in [-0.39, 0.29) is 24.2 Å². The first kappa shape index (κ1) is 24.0. The van der Waals surface area contributed by atoms with Gasteiger partial charge in [-0.05, 0) is 53.9 Å². The number of aryl methyl sites for hydroxylation is 1. The van der Waals surface area contributed by atoms with Gasteiger partial charge in [0.15, 0.2) is 6.29 Å². The number of aliphatic carboxylic acids is 1. The maximum Gasteiger partial charge on any atom is 0.330 e. The van der Waals surface area contributed by atoms with Crippen molar-refractivity contribution >= 4 is 18.2 Å². The molecule has 180 valence electrons. The molecule has 0 heterocycles. The quantitative estimate of drug-likeness (QED) is 0.459. The van der Waals surface area contributed by atoms with E-state index < -0.39 is 17.4 Å². The summed E-state index contributed by atoms with van der Waals surface area (Å²) in [5.74, 6) is -0.745. The van der Waals surface area contributed by atoms with E-state index in [2.05, 4.69) is 11.4 Å². The highest BCUT2D eigenvalue weighted by Gasteiger charge is 2.45. The van der Waals surface area contributed by atoms with E-state index in [1.54, 1.807) is 19.2 Å². The Labute approximate surface area is 203 Å². The van der Waals surface area contributed by atoms with E-state index in [9.17, 15) is 19.5 Å².